The number of hydrogen-bond donors (Lipinski definition) is 1. The van der Waals surface area contributed by atoms with Crippen molar-refractivity contribution < 1.29 is 19.0 Å². The second kappa shape index (κ2) is 8.45. The molecule has 0 bridgehead atoms. The highest BCUT2D eigenvalue weighted by Crippen LogP contribution is 2.38. The second-order valence-electron chi connectivity index (χ2n) is 8.77. The number of unbranched alkanes of at least 4 members (excludes halogenated alkanes) is 2. The summed E-state index contributed by atoms with van der Waals surface area (Å²) in [4.78, 5) is 0. The van der Waals surface area contributed by atoms with Gasteiger partial charge in [-0.15, -0.1) is 0 Å². The van der Waals surface area contributed by atoms with E-state index < -0.39 is 20.2 Å². The van der Waals surface area contributed by atoms with E-state index in [0.29, 0.717) is 6.61 Å². The van der Waals surface area contributed by atoms with Crippen molar-refractivity contribution in [3.05, 3.63) is 12.2 Å². The first kappa shape index (κ1) is 21.8. The standard InChI is InChI=1S/C19H38O4Si/c1-9-10-11-12-13-15(20)17-16(22-19(5,6)23-17)14-21-24(7,8)18(2,3)4/h12-13,15-17,20H,9-11,14H2,1-8H3/b13-12+. The fourth-order valence-electron chi connectivity index (χ4n) is 2.46. The molecule has 1 rings (SSSR count). The van der Waals surface area contributed by atoms with Gasteiger partial charge in [-0.2, -0.15) is 0 Å². The molecule has 0 amide bonds. The summed E-state index contributed by atoms with van der Waals surface area (Å²) in [5, 5.41) is 10.7. The molecule has 24 heavy (non-hydrogen) atoms. The normalized spacial score (nSPS) is 26.2. The molecule has 0 aliphatic carbocycles. The van der Waals surface area contributed by atoms with Gasteiger partial charge in [0.15, 0.2) is 14.1 Å². The van der Waals surface area contributed by atoms with Crippen molar-refractivity contribution >= 4 is 8.32 Å². The first-order chi connectivity index (χ1) is 10.9. The third-order valence-corrected chi connectivity index (χ3v) is 9.53. The summed E-state index contributed by atoms with van der Waals surface area (Å²) in [6, 6.07) is 0. The fraction of sp³-hybridized carbons (Fsp3) is 0.895. The number of allylic oxidation sites excluding steroid dienone is 1. The third kappa shape index (κ3) is 6.26. The van der Waals surface area contributed by atoms with E-state index in [9.17, 15) is 5.11 Å². The van der Waals surface area contributed by atoms with E-state index >= 15 is 0 Å². The maximum Gasteiger partial charge on any atom is 0.192 e. The zero-order valence-corrected chi connectivity index (χ0v) is 17.9. The third-order valence-electron chi connectivity index (χ3n) is 5.03. The molecular formula is C19H38O4Si. The lowest BCUT2D eigenvalue weighted by atomic mass is 10.1. The molecule has 142 valence electrons. The molecule has 0 aromatic carbocycles. The molecule has 0 aromatic rings. The maximum atomic E-state index is 10.5. The Bertz CT molecular complexity index is 412. The Kier molecular flexibility index (Phi) is 7.69. The van der Waals surface area contributed by atoms with Crippen LogP contribution < -0.4 is 0 Å². The molecule has 0 spiro atoms. The van der Waals surface area contributed by atoms with Crippen LogP contribution in [0.15, 0.2) is 12.2 Å². The fourth-order valence-corrected chi connectivity index (χ4v) is 3.47. The quantitative estimate of drug-likeness (QED) is 0.390. The summed E-state index contributed by atoms with van der Waals surface area (Å²) in [6.45, 7) is 17.5. The largest absolute Gasteiger partial charge is 0.414 e. The zero-order valence-electron chi connectivity index (χ0n) is 16.9. The molecule has 3 unspecified atom stereocenters. The molecule has 1 N–H and O–H groups in total. The minimum atomic E-state index is -1.85. The van der Waals surface area contributed by atoms with Crippen LogP contribution >= 0.6 is 0 Å². The molecule has 1 fully saturated rings. The van der Waals surface area contributed by atoms with Crippen LogP contribution in [0.4, 0.5) is 0 Å². The van der Waals surface area contributed by atoms with Crippen LogP contribution in [0.25, 0.3) is 0 Å². The van der Waals surface area contributed by atoms with Crippen molar-refractivity contribution in [2.45, 2.75) is 103 Å². The van der Waals surface area contributed by atoms with Gasteiger partial charge in [-0.05, 0) is 38.4 Å². The van der Waals surface area contributed by atoms with E-state index in [2.05, 4.69) is 40.8 Å². The molecule has 4 nitrogen and oxygen atoms in total. The van der Waals surface area contributed by atoms with Crippen molar-refractivity contribution in [2.75, 3.05) is 6.61 Å². The molecule has 1 saturated heterocycles. The average Bonchev–Trinajstić information content (AvgIpc) is 2.75. The van der Waals surface area contributed by atoms with Gasteiger partial charge in [0, 0.05) is 0 Å². The first-order valence-corrected chi connectivity index (χ1v) is 12.1. The molecule has 0 radical (unpaired) electrons. The van der Waals surface area contributed by atoms with Crippen LogP contribution in [-0.2, 0) is 13.9 Å². The molecule has 1 aliphatic heterocycles. The van der Waals surface area contributed by atoms with Crippen molar-refractivity contribution in [3.63, 3.8) is 0 Å². The molecule has 1 heterocycles. The number of hydrogen-bond acceptors (Lipinski definition) is 4. The highest BCUT2D eigenvalue weighted by atomic mass is 28.4. The monoisotopic (exact) mass is 358 g/mol. The lowest BCUT2D eigenvalue weighted by Gasteiger charge is -2.37. The van der Waals surface area contributed by atoms with Crippen LogP contribution in [0.1, 0.15) is 60.8 Å². The Morgan fingerprint density at radius 2 is 1.88 bits per heavy atom. The van der Waals surface area contributed by atoms with E-state index in [1.54, 1.807) is 0 Å². The van der Waals surface area contributed by atoms with Crippen molar-refractivity contribution in [1.29, 1.82) is 0 Å². The predicted molar refractivity (Wildman–Crippen MR) is 102 cm³/mol. The van der Waals surface area contributed by atoms with Gasteiger partial charge in [0.05, 0.1) is 6.61 Å². The van der Waals surface area contributed by atoms with Gasteiger partial charge in [-0.3, -0.25) is 0 Å². The van der Waals surface area contributed by atoms with Crippen LogP contribution in [0.2, 0.25) is 18.1 Å². The topological polar surface area (TPSA) is 47.9 Å². The predicted octanol–water partition coefficient (Wildman–Crippen LogP) is 4.64. The van der Waals surface area contributed by atoms with Gasteiger partial charge in [-0.1, -0.05) is 52.7 Å². The van der Waals surface area contributed by atoms with Crippen molar-refractivity contribution in [2.24, 2.45) is 0 Å². The molecular weight excluding hydrogens is 320 g/mol. The molecule has 5 heteroatoms. The van der Waals surface area contributed by atoms with E-state index in [0.717, 1.165) is 19.3 Å². The van der Waals surface area contributed by atoms with E-state index in [-0.39, 0.29) is 17.2 Å². The highest BCUT2D eigenvalue weighted by Gasteiger charge is 2.46. The second-order valence-corrected chi connectivity index (χ2v) is 13.6. The van der Waals surface area contributed by atoms with E-state index in [4.69, 9.17) is 13.9 Å². The van der Waals surface area contributed by atoms with Gasteiger partial charge < -0.3 is 19.0 Å². The number of rotatable bonds is 8. The SMILES string of the molecule is CCCC/C=C/C(O)C1OC(C)(C)OC1CO[Si](C)(C)C(C)(C)C. The summed E-state index contributed by atoms with van der Waals surface area (Å²) < 4.78 is 18.2. The summed E-state index contributed by atoms with van der Waals surface area (Å²) in [5.41, 5.74) is 0. The van der Waals surface area contributed by atoms with Crippen molar-refractivity contribution in [1.82, 2.24) is 0 Å². The van der Waals surface area contributed by atoms with E-state index in [1.807, 2.05) is 26.0 Å². The number of aliphatic hydroxyl groups excluding tert-OH is 1. The summed E-state index contributed by atoms with van der Waals surface area (Å²) in [5.74, 6) is -0.690. The van der Waals surface area contributed by atoms with Crippen LogP contribution in [0.3, 0.4) is 0 Å². The summed E-state index contributed by atoms with van der Waals surface area (Å²) >= 11 is 0. The Balaban J connectivity index is 2.70. The van der Waals surface area contributed by atoms with Crippen LogP contribution in [0.5, 0.6) is 0 Å². The van der Waals surface area contributed by atoms with E-state index in [1.165, 1.54) is 0 Å². The highest BCUT2D eigenvalue weighted by molar-refractivity contribution is 6.74. The number of aliphatic hydroxyl groups is 1. The minimum Gasteiger partial charge on any atom is -0.414 e. The lowest BCUT2D eigenvalue weighted by molar-refractivity contribution is -0.154. The zero-order chi connectivity index (χ0) is 18.6. The number of ether oxygens (including phenoxy) is 2. The van der Waals surface area contributed by atoms with Gasteiger partial charge in [0.2, 0.25) is 0 Å². The Morgan fingerprint density at radius 3 is 2.42 bits per heavy atom. The Morgan fingerprint density at radius 1 is 1.25 bits per heavy atom. The van der Waals surface area contributed by atoms with Gasteiger partial charge in [-0.25, -0.2) is 0 Å². The molecule has 0 saturated carbocycles. The van der Waals surface area contributed by atoms with Crippen LogP contribution in [0, 0.1) is 0 Å². The molecule has 3 atom stereocenters. The lowest BCUT2D eigenvalue weighted by Crippen LogP contribution is -2.45. The smallest absolute Gasteiger partial charge is 0.192 e. The first-order valence-electron chi connectivity index (χ1n) is 9.24. The van der Waals surface area contributed by atoms with Gasteiger partial charge >= 0.3 is 0 Å². The minimum absolute atomic E-state index is 0.149. The average molecular weight is 359 g/mol. The Hall–Kier alpha value is -0.203. The summed E-state index contributed by atoms with van der Waals surface area (Å²) in [6.07, 6.45) is 5.84. The summed E-state index contributed by atoms with van der Waals surface area (Å²) in [7, 11) is -1.85. The molecule has 1 aliphatic rings. The van der Waals surface area contributed by atoms with Crippen LogP contribution in [-0.4, -0.2) is 44.1 Å². The van der Waals surface area contributed by atoms with Gasteiger partial charge in [0.1, 0.15) is 18.3 Å². The Labute approximate surface area is 149 Å². The maximum absolute atomic E-state index is 10.5. The van der Waals surface area contributed by atoms with Crippen molar-refractivity contribution in [3.8, 4) is 0 Å². The van der Waals surface area contributed by atoms with Gasteiger partial charge in [0.25, 0.3) is 0 Å². The molecule has 0 aromatic heterocycles.